The molecule has 0 radical (unpaired) electrons. The van der Waals surface area contributed by atoms with E-state index in [2.05, 4.69) is 38.0 Å². The predicted octanol–water partition coefficient (Wildman–Crippen LogP) is 0.743. The minimum Gasteiger partial charge on any atom is -0.475 e. The summed E-state index contributed by atoms with van der Waals surface area (Å²) in [6, 6.07) is 0. The molecule has 0 aromatic heterocycles. The summed E-state index contributed by atoms with van der Waals surface area (Å²) in [6.45, 7) is 2.29. The molecule has 0 amide bonds. The molecule has 0 spiro atoms. The molecule has 0 saturated heterocycles. The first kappa shape index (κ1) is 16.6. The van der Waals surface area contributed by atoms with Crippen LogP contribution in [0.15, 0.2) is 0 Å². The first-order chi connectivity index (χ1) is 6.57. The highest BCUT2D eigenvalue weighted by atomic mass is 19.4. The third-order valence-corrected chi connectivity index (χ3v) is 1.24. The van der Waals surface area contributed by atoms with Crippen molar-refractivity contribution in [3.8, 4) is 0 Å². The smallest absolute Gasteiger partial charge is 0.475 e. The zero-order valence-corrected chi connectivity index (χ0v) is 9.30. The zero-order valence-electron chi connectivity index (χ0n) is 9.30. The molecule has 0 aliphatic rings. The lowest BCUT2D eigenvalue weighted by Gasteiger charge is -2.13. The van der Waals surface area contributed by atoms with Gasteiger partial charge in [0, 0.05) is 13.1 Å². The van der Waals surface area contributed by atoms with Gasteiger partial charge in [0.25, 0.3) is 0 Å². The summed E-state index contributed by atoms with van der Waals surface area (Å²) in [7, 11) is 8.35. The highest BCUT2D eigenvalue weighted by Crippen LogP contribution is 2.13. The standard InChI is InChI=1S/C6H16N2.C2HF3O2/c1-7(2)5-6-8(3)4;3-2(4,5)1(6)7/h5-6H2,1-4H3;(H,6,7). The number of carboxylic acid groups (broad SMARTS) is 1. The summed E-state index contributed by atoms with van der Waals surface area (Å²) in [5.74, 6) is -2.76. The van der Waals surface area contributed by atoms with Gasteiger partial charge in [-0.1, -0.05) is 0 Å². The first-order valence-electron chi connectivity index (χ1n) is 4.17. The Bertz CT molecular complexity index is 173. The summed E-state index contributed by atoms with van der Waals surface area (Å²) < 4.78 is 31.7. The van der Waals surface area contributed by atoms with E-state index >= 15 is 0 Å². The van der Waals surface area contributed by atoms with Gasteiger partial charge in [-0.05, 0) is 28.2 Å². The third kappa shape index (κ3) is 15.9. The summed E-state index contributed by atoms with van der Waals surface area (Å²) in [5.41, 5.74) is 0. The molecule has 1 N–H and O–H groups in total. The van der Waals surface area contributed by atoms with Crippen LogP contribution in [0.25, 0.3) is 0 Å². The minimum atomic E-state index is -5.08. The first-order valence-corrected chi connectivity index (χ1v) is 4.17. The van der Waals surface area contributed by atoms with Crippen LogP contribution in [0.3, 0.4) is 0 Å². The number of carboxylic acids is 1. The number of carbonyl (C=O) groups is 1. The molecular formula is C8H17F3N2O2. The number of rotatable bonds is 3. The van der Waals surface area contributed by atoms with Crippen molar-refractivity contribution in [2.45, 2.75) is 6.18 Å². The number of aliphatic carboxylic acids is 1. The number of hydrogen-bond acceptors (Lipinski definition) is 3. The average Bonchev–Trinajstić information content (AvgIpc) is 2.00. The Balaban J connectivity index is 0. The monoisotopic (exact) mass is 230 g/mol. The van der Waals surface area contributed by atoms with E-state index in [1.165, 1.54) is 0 Å². The van der Waals surface area contributed by atoms with E-state index in [1.54, 1.807) is 0 Å². The Morgan fingerprint density at radius 1 is 1.07 bits per heavy atom. The summed E-state index contributed by atoms with van der Waals surface area (Å²) in [6.07, 6.45) is -5.08. The maximum absolute atomic E-state index is 10.6. The van der Waals surface area contributed by atoms with Crippen LogP contribution in [0.5, 0.6) is 0 Å². The Hall–Kier alpha value is -0.820. The van der Waals surface area contributed by atoms with Crippen molar-refractivity contribution in [2.24, 2.45) is 0 Å². The maximum Gasteiger partial charge on any atom is 0.490 e. The molecule has 4 nitrogen and oxygen atoms in total. The number of alkyl halides is 3. The Morgan fingerprint density at radius 3 is 1.33 bits per heavy atom. The van der Waals surface area contributed by atoms with Crippen molar-refractivity contribution >= 4 is 5.97 Å². The van der Waals surface area contributed by atoms with Gasteiger partial charge < -0.3 is 14.9 Å². The fraction of sp³-hybridized carbons (Fsp3) is 0.875. The van der Waals surface area contributed by atoms with E-state index in [-0.39, 0.29) is 0 Å². The normalized spacial score (nSPS) is 11.3. The lowest BCUT2D eigenvalue weighted by Crippen LogP contribution is -2.25. The largest absolute Gasteiger partial charge is 0.490 e. The average molecular weight is 230 g/mol. The molecule has 0 bridgehead atoms. The topological polar surface area (TPSA) is 43.8 Å². The lowest BCUT2D eigenvalue weighted by molar-refractivity contribution is -0.192. The van der Waals surface area contributed by atoms with Crippen molar-refractivity contribution in [2.75, 3.05) is 41.3 Å². The number of hydrogen-bond donors (Lipinski definition) is 1. The van der Waals surface area contributed by atoms with E-state index in [0.29, 0.717) is 0 Å². The highest BCUT2D eigenvalue weighted by molar-refractivity contribution is 5.73. The van der Waals surface area contributed by atoms with Crippen molar-refractivity contribution in [3.63, 3.8) is 0 Å². The molecule has 0 aromatic rings. The van der Waals surface area contributed by atoms with Crippen molar-refractivity contribution in [1.29, 1.82) is 0 Å². The summed E-state index contributed by atoms with van der Waals surface area (Å²) >= 11 is 0. The molecule has 7 heteroatoms. The fourth-order valence-corrected chi connectivity index (χ4v) is 0.400. The van der Waals surface area contributed by atoms with E-state index in [4.69, 9.17) is 9.90 Å². The second kappa shape index (κ2) is 7.47. The van der Waals surface area contributed by atoms with E-state index in [0.717, 1.165) is 13.1 Å². The third-order valence-electron chi connectivity index (χ3n) is 1.24. The number of likely N-dealkylation sites (N-methyl/N-ethyl adjacent to an activating group) is 2. The van der Waals surface area contributed by atoms with Crippen LogP contribution in [0, 0.1) is 0 Å². The Kier molecular flexibility index (Phi) is 8.27. The van der Waals surface area contributed by atoms with Crippen molar-refractivity contribution < 1.29 is 23.1 Å². The van der Waals surface area contributed by atoms with Crippen LogP contribution in [-0.4, -0.2) is 68.3 Å². The molecule has 92 valence electrons. The number of nitrogens with zero attached hydrogens (tertiary/aromatic N) is 2. The SMILES string of the molecule is CN(C)CCN(C)C.O=C(O)C(F)(F)F. The van der Waals surface area contributed by atoms with Crippen LogP contribution in [-0.2, 0) is 4.79 Å². The molecule has 0 aromatic carbocycles. The molecule has 15 heavy (non-hydrogen) atoms. The fourth-order valence-electron chi connectivity index (χ4n) is 0.400. The minimum absolute atomic E-state index is 1.15. The number of halogens is 3. The Labute approximate surface area is 87.3 Å². The van der Waals surface area contributed by atoms with E-state index in [9.17, 15) is 13.2 Å². The van der Waals surface area contributed by atoms with Crippen molar-refractivity contribution in [3.05, 3.63) is 0 Å². The molecule has 0 saturated carbocycles. The molecule has 0 heterocycles. The summed E-state index contributed by atoms with van der Waals surface area (Å²) in [5, 5.41) is 7.12. The second-order valence-corrected chi connectivity index (χ2v) is 3.41. The van der Waals surface area contributed by atoms with Gasteiger partial charge in [-0.2, -0.15) is 13.2 Å². The molecule has 0 atom stereocenters. The van der Waals surface area contributed by atoms with Gasteiger partial charge >= 0.3 is 12.1 Å². The van der Waals surface area contributed by atoms with Gasteiger partial charge in [0.2, 0.25) is 0 Å². The maximum atomic E-state index is 10.6. The van der Waals surface area contributed by atoms with Gasteiger partial charge in [0.1, 0.15) is 0 Å². The van der Waals surface area contributed by atoms with E-state index in [1.807, 2.05) is 0 Å². The quantitative estimate of drug-likeness (QED) is 0.776. The molecule has 0 fully saturated rings. The van der Waals surface area contributed by atoms with Gasteiger partial charge in [0.15, 0.2) is 0 Å². The van der Waals surface area contributed by atoms with Gasteiger partial charge in [0.05, 0.1) is 0 Å². The predicted molar refractivity (Wildman–Crippen MR) is 50.8 cm³/mol. The molecular weight excluding hydrogens is 213 g/mol. The van der Waals surface area contributed by atoms with Crippen molar-refractivity contribution in [1.82, 2.24) is 9.80 Å². The van der Waals surface area contributed by atoms with Gasteiger partial charge in [-0.25, -0.2) is 4.79 Å². The second-order valence-electron chi connectivity index (χ2n) is 3.41. The lowest BCUT2D eigenvalue weighted by atomic mass is 10.5. The van der Waals surface area contributed by atoms with Gasteiger partial charge in [-0.3, -0.25) is 0 Å². The van der Waals surface area contributed by atoms with Crippen LogP contribution < -0.4 is 0 Å². The molecule has 0 aliphatic carbocycles. The van der Waals surface area contributed by atoms with Gasteiger partial charge in [-0.15, -0.1) is 0 Å². The zero-order chi connectivity index (χ0) is 12.6. The van der Waals surface area contributed by atoms with Crippen LogP contribution in [0.1, 0.15) is 0 Å². The van der Waals surface area contributed by atoms with Crippen LogP contribution >= 0.6 is 0 Å². The molecule has 0 rings (SSSR count). The molecule has 0 unspecified atom stereocenters. The molecule has 0 aliphatic heterocycles. The van der Waals surface area contributed by atoms with E-state index < -0.39 is 12.1 Å². The van der Waals surface area contributed by atoms with Crippen LogP contribution in [0.4, 0.5) is 13.2 Å². The highest BCUT2D eigenvalue weighted by Gasteiger charge is 2.38. The summed E-state index contributed by atoms with van der Waals surface area (Å²) in [4.78, 5) is 13.3. The Morgan fingerprint density at radius 2 is 1.27 bits per heavy atom. The van der Waals surface area contributed by atoms with Crippen LogP contribution in [0.2, 0.25) is 0 Å².